The number of aromatic nitrogens is 3. The van der Waals surface area contributed by atoms with Crippen molar-refractivity contribution in [2.24, 2.45) is 0 Å². The zero-order valence-electron chi connectivity index (χ0n) is 10.9. The Bertz CT molecular complexity index is 830. The number of fused-ring (bicyclic) bond motifs is 1. The normalized spacial score (nSPS) is 10.8. The summed E-state index contributed by atoms with van der Waals surface area (Å²) in [5.41, 5.74) is 2.34. The number of halogens is 2. The molecule has 2 heterocycles. The summed E-state index contributed by atoms with van der Waals surface area (Å²) in [6.07, 6.45) is 1.58. The van der Waals surface area contributed by atoms with Crippen molar-refractivity contribution in [3.63, 3.8) is 0 Å². The molecule has 0 N–H and O–H groups in total. The Labute approximate surface area is 133 Å². The molecule has 0 unspecified atom stereocenters. The maximum Gasteiger partial charge on any atom is 0.356 e. The highest BCUT2D eigenvalue weighted by molar-refractivity contribution is 9.10. The smallest absolute Gasteiger partial charge is 0.356 e. The molecule has 106 valence electrons. The van der Waals surface area contributed by atoms with E-state index in [0.717, 1.165) is 5.56 Å². The lowest BCUT2D eigenvalue weighted by molar-refractivity contribution is 0.0590. The Kier molecular flexibility index (Phi) is 3.65. The van der Waals surface area contributed by atoms with Crippen LogP contribution < -0.4 is 0 Å². The fourth-order valence-electron chi connectivity index (χ4n) is 1.95. The first-order valence-corrected chi connectivity index (χ1v) is 7.16. The van der Waals surface area contributed by atoms with E-state index >= 15 is 0 Å². The van der Waals surface area contributed by atoms with Crippen LogP contribution in [0.25, 0.3) is 16.9 Å². The molecule has 0 fully saturated rings. The number of hydrogen-bond acceptors (Lipinski definition) is 4. The summed E-state index contributed by atoms with van der Waals surface area (Å²) in [6, 6.07) is 8.86. The van der Waals surface area contributed by atoms with Crippen molar-refractivity contribution in [1.29, 1.82) is 0 Å². The van der Waals surface area contributed by atoms with E-state index in [1.165, 1.54) is 11.6 Å². The summed E-state index contributed by atoms with van der Waals surface area (Å²) in [7, 11) is 1.33. The van der Waals surface area contributed by atoms with Crippen LogP contribution in [0.3, 0.4) is 0 Å². The number of rotatable bonds is 2. The van der Waals surface area contributed by atoms with Crippen LogP contribution in [-0.2, 0) is 4.74 Å². The predicted octanol–water partition coefficient (Wildman–Crippen LogP) is 3.60. The van der Waals surface area contributed by atoms with Crippen molar-refractivity contribution in [3.8, 4) is 11.3 Å². The molecule has 0 radical (unpaired) electrons. The van der Waals surface area contributed by atoms with Gasteiger partial charge in [-0.15, -0.1) is 0 Å². The minimum Gasteiger partial charge on any atom is -0.464 e. The van der Waals surface area contributed by atoms with Crippen LogP contribution in [0.15, 0.2) is 41.0 Å². The lowest BCUT2D eigenvalue weighted by atomic mass is 10.1. The fourth-order valence-corrected chi connectivity index (χ4v) is 2.43. The maximum absolute atomic E-state index is 11.9. The van der Waals surface area contributed by atoms with Gasteiger partial charge in [-0.2, -0.15) is 5.10 Å². The van der Waals surface area contributed by atoms with Crippen molar-refractivity contribution < 1.29 is 9.53 Å². The quantitative estimate of drug-likeness (QED) is 0.650. The number of hydrogen-bond donors (Lipinski definition) is 0. The van der Waals surface area contributed by atoms with Gasteiger partial charge in [-0.25, -0.2) is 14.3 Å². The predicted molar refractivity (Wildman–Crippen MR) is 82.5 cm³/mol. The number of ether oxygens (including phenoxy) is 1. The first kappa shape index (κ1) is 14.0. The highest BCUT2D eigenvalue weighted by Gasteiger charge is 2.17. The number of esters is 1. The van der Waals surface area contributed by atoms with E-state index in [1.54, 1.807) is 24.4 Å². The second-order valence-corrected chi connectivity index (χ2v) is 5.54. The number of methoxy groups -OCH3 is 1. The van der Waals surface area contributed by atoms with Crippen molar-refractivity contribution in [3.05, 3.63) is 51.7 Å². The van der Waals surface area contributed by atoms with E-state index in [1.807, 2.05) is 12.1 Å². The largest absolute Gasteiger partial charge is 0.464 e. The summed E-state index contributed by atoms with van der Waals surface area (Å²) < 4.78 is 6.94. The summed E-state index contributed by atoms with van der Waals surface area (Å²) in [4.78, 5) is 16.4. The molecule has 0 bridgehead atoms. The summed E-state index contributed by atoms with van der Waals surface area (Å²) in [5, 5.41) is 4.76. The van der Waals surface area contributed by atoms with Gasteiger partial charge in [0.25, 0.3) is 0 Å². The second-order valence-electron chi connectivity index (χ2n) is 4.25. The van der Waals surface area contributed by atoms with Crippen LogP contribution in [0.1, 0.15) is 10.5 Å². The van der Waals surface area contributed by atoms with Crippen LogP contribution >= 0.6 is 27.5 Å². The van der Waals surface area contributed by atoms with Crippen LogP contribution in [0.5, 0.6) is 0 Å². The molecule has 21 heavy (non-hydrogen) atoms. The number of nitrogens with zero attached hydrogens (tertiary/aromatic N) is 3. The number of carbonyl (C=O) groups is 1. The third-order valence-corrected chi connectivity index (χ3v) is 3.77. The summed E-state index contributed by atoms with van der Waals surface area (Å²) in [6.45, 7) is 0. The van der Waals surface area contributed by atoms with Gasteiger partial charge >= 0.3 is 5.97 Å². The second kappa shape index (κ2) is 5.46. The lowest BCUT2D eigenvalue weighted by Gasteiger charge is -2.07. The van der Waals surface area contributed by atoms with E-state index in [2.05, 4.69) is 26.0 Å². The van der Waals surface area contributed by atoms with E-state index in [-0.39, 0.29) is 0 Å². The van der Waals surface area contributed by atoms with Gasteiger partial charge in [0, 0.05) is 10.6 Å². The van der Waals surface area contributed by atoms with E-state index in [4.69, 9.17) is 16.3 Å². The third kappa shape index (κ3) is 2.52. The van der Waals surface area contributed by atoms with Crippen molar-refractivity contribution in [2.45, 2.75) is 0 Å². The van der Waals surface area contributed by atoms with Crippen molar-refractivity contribution in [1.82, 2.24) is 14.6 Å². The van der Waals surface area contributed by atoms with Gasteiger partial charge in [0.2, 0.25) is 0 Å². The molecule has 0 saturated heterocycles. The molecule has 0 saturated carbocycles. The number of carbonyl (C=O) groups excluding carboxylic acids is 1. The molecule has 5 nitrogen and oxygen atoms in total. The van der Waals surface area contributed by atoms with Gasteiger partial charge in [-0.1, -0.05) is 23.7 Å². The molecule has 7 heteroatoms. The molecule has 0 atom stereocenters. The third-order valence-electron chi connectivity index (χ3n) is 2.96. The maximum atomic E-state index is 11.9. The molecule has 1 aromatic carbocycles. The van der Waals surface area contributed by atoms with E-state index < -0.39 is 5.97 Å². The van der Waals surface area contributed by atoms with Crippen molar-refractivity contribution >= 4 is 39.1 Å². The van der Waals surface area contributed by atoms with Crippen LogP contribution in [0.2, 0.25) is 5.02 Å². The molecule has 0 aliphatic heterocycles. The summed E-state index contributed by atoms with van der Waals surface area (Å²) in [5.74, 6) is -0.479. The van der Waals surface area contributed by atoms with Gasteiger partial charge in [0.1, 0.15) is 0 Å². The highest BCUT2D eigenvalue weighted by Crippen LogP contribution is 2.25. The molecular formula is C14H9BrClN3O2. The highest BCUT2D eigenvalue weighted by atomic mass is 79.9. The zero-order valence-corrected chi connectivity index (χ0v) is 13.2. The molecule has 0 spiro atoms. The zero-order chi connectivity index (χ0) is 15.0. The Hall–Kier alpha value is -1.92. The molecule has 0 aliphatic rings. The summed E-state index contributed by atoms with van der Waals surface area (Å²) >= 11 is 9.26. The van der Waals surface area contributed by atoms with Gasteiger partial charge in [-0.3, -0.25) is 0 Å². The van der Waals surface area contributed by atoms with Crippen LogP contribution in [0.4, 0.5) is 0 Å². The molecular weight excluding hydrogens is 358 g/mol. The molecule has 3 rings (SSSR count). The van der Waals surface area contributed by atoms with Crippen LogP contribution in [0, 0.1) is 0 Å². The van der Waals surface area contributed by atoms with E-state index in [0.29, 0.717) is 26.5 Å². The molecule has 0 aliphatic carbocycles. The lowest BCUT2D eigenvalue weighted by Crippen LogP contribution is -2.10. The minimum absolute atomic E-state index is 0.304. The first-order chi connectivity index (χ1) is 10.1. The Morgan fingerprint density at radius 2 is 2.05 bits per heavy atom. The standard InChI is InChI=1S/C14H9BrClN3O2/c1-21-14(20)12-6-11(8-2-4-9(16)5-3-8)18-13-10(15)7-17-19(12)13/h2-7H,1H3. The van der Waals surface area contributed by atoms with Gasteiger partial charge in [0.05, 0.1) is 23.5 Å². The number of benzene rings is 1. The molecule has 0 amide bonds. The molecule has 3 aromatic rings. The van der Waals surface area contributed by atoms with Gasteiger partial charge < -0.3 is 4.74 Å². The van der Waals surface area contributed by atoms with Gasteiger partial charge in [0.15, 0.2) is 11.3 Å². The average molecular weight is 367 g/mol. The Morgan fingerprint density at radius 3 is 2.71 bits per heavy atom. The fraction of sp³-hybridized carbons (Fsp3) is 0.0714. The average Bonchev–Trinajstić information content (AvgIpc) is 2.88. The van der Waals surface area contributed by atoms with Gasteiger partial charge in [-0.05, 0) is 34.1 Å². The van der Waals surface area contributed by atoms with Crippen LogP contribution in [-0.4, -0.2) is 27.7 Å². The Morgan fingerprint density at radius 1 is 1.33 bits per heavy atom. The van der Waals surface area contributed by atoms with Crippen molar-refractivity contribution in [2.75, 3.05) is 7.11 Å². The Balaban J connectivity index is 2.26. The first-order valence-electron chi connectivity index (χ1n) is 5.98. The van der Waals surface area contributed by atoms with E-state index in [9.17, 15) is 4.79 Å². The topological polar surface area (TPSA) is 56.5 Å². The monoisotopic (exact) mass is 365 g/mol. The SMILES string of the molecule is COC(=O)c1cc(-c2ccc(Cl)cc2)nc2c(Br)cnn12. The minimum atomic E-state index is -0.479. The molecule has 2 aromatic heterocycles.